The van der Waals surface area contributed by atoms with Gasteiger partial charge in [-0.25, -0.2) is 6.54 Å². The van der Waals surface area contributed by atoms with E-state index in [-0.39, 0.29) is 11.0 Å². The standard InChI is InChI=1S/C28H40NO2.C18H15P.C15H10.2ClH.Ru/c1-18(2)21-10-9-11-22(19(3)4)26(21)29-17-28(16-27(29,5)6)13-12-20-14-24(30-7)25(31-8)15-23(20)28;1-4-10-16(11-5-1)19(17-12-6-2-7-13-17)18-14-8-3-9-15-18;1-2-6-12(7-3-1)15-11-10-13-8-4-5-9-14(13)15;;;/h9-10,14-15,17-19,22H,11-13,16H2,1-8H3;1-15H;1-9,11H;2*1H;/q-1;;;;;+2/p-1. The van der Waals surface area contributed by atoms with Crippen LogP contribution in [0.1, 0.15) is 88.6 Å². The van der Waals surface area contributed by atoms with Crippen molar-refractivity contribution in [2.75, 3.05) is 14.2 Å². The van der Waals surface area contributed by atoms with E-state index in [0.717, 1.165) is 41.3 Å². The zero-order chi connectivity index (χ0) is 48.0. The second kappa shape index (κ2) is 22.0. The van der Waals surface area contributed by atoms with Crippen molar-refractivity contribution >= 4 is 52.9 Å². The summed E-state index contributed by atoms with van der Waals surface area (Å²) in [7, 11) is 15.0. The molecule has 0 amide bonds. The number of aryl methyl sites for hydroxylation is 1. The molecule has 1 saturated heterocycles. The van der Waals surface area contributed by atoms with Gasteiger partial charge in [0.25, 0.3) is 0 Å². The van der Waals surface area contributed by atoms with E-state index in [9.17, 15) is 0 Å². The van der Waals surface area contributed by atoms with E-state index < -0.39 is 21.4 Å². The molecule has 1 spiro atoms. The van der Waals surface area contributed by atoms with Crippen LogP contribution in [-0.2, 0) is 25.4 Å². The Hall–Kier alpha value is -4.56. The summed E-state index contributed by atoms with van der Waals surface area (Å²) in [5.41, 5.74) is 10.9. The van der Waals surface area contributed by atoms with Gasteiger partial charge in [-0.15, -0.1) is 5.41 Å². The quantitative estimate of drug-likeness (QED) is 0.0818. The Morgan fingerprint density at radius 3 is 1.72 bits per heavy atom. The summed E-state index contributed by atoms with van der Waals surface area (Å²) >= 11 is -1.88. The van der Waals surface area contributed by atoms with Crippen molar-refractivity contribution < 1.29 is 23.0 Å². The molecule has 0 saturated carbocycles. The van der Waals surface area contributed by atoms with Gasteiger partial charge < -0.3 is 14.4 Å². The number of nitrogens with zero attached hydrogens (tertiary/aromatic N) is 1. The first kappa shape index (κ1) is 49.9. The minimum atomic E-state index is -1.88. The molecule has 68 heavy (non-hydrogen) atoms. The van der Waals surface area contributed by atoms with Gasteiger partial charge in [0, 0.05) is 11.5 Å². The van der Waals surface area contributed by atoms with Crippen LogP contribution in [0.25, 0.3) is 5.57 Å². The van der Waals surface area contributed by atoms with Crippen LogP contribution in [0.5, 0.6) is 11.5 Å². The molecule has 0 N–H and O–H groups in total. The summed E-state index contributed by atoms with van der Waals surface area (Å²) in [6, 6.07) is 55.6. The Morgan fingerprint density at radius 1 is 0.691 bits per heavy atom. The number of fused-ring (bicyclic) bond motifs is 3. The van der Waals surface area contributed by atoms with Crippen molar-refractivity contribution in [2.24, 2.45) is 17.8 Å². The molecular weight excluding hydrogens is 982 g/mol. The van der Waals surface area contributed by atoms with Gasteiger partial charge in [-0.05, 0) is 110 Å². The summed E-state index contributed by atoms with van der Waals surface area (Å²) in [5.74, 6) is 3.40. The van der Waals surface area contributed by atoms with Crippen molar-refractivity contribution in [1.82, 2.24) is 4.90 Å². The second-order valence-corrected chi connectivity index (χ2v) is 27.7. The first-order chi connectivity index (χ1) is 32.9. The number of halogens is 2. The fourth-order valence-corrected chi connectivity index (χ4v) is 15.8. The van der Waals surface area contributed by atoms with Crippen LogP contribution in [0.15, 0.2) is 187 Å². The van der Waals surface area contributed by atoms with E-state index in [1.807, 2.05) is 24.3 Å². The smallest absolute Gasteiger partial charge is 0.0620 e. The Bertz CT molecular complexity index is 2710. The van der Waals surface area contributed by atoms with E-state index in [2.05, 4.69) is 205 Å². The average molecular weight is 1050 g/mol. The molecule has 1 heterocycles. The molecule has 7 heteroatoms. The van der Waals surface area contributed by atoms with Crippen LogP contribution in [-0.4, -0.2) is 28.8 Å². The average Bonchev–Trinajstić information content (AvgIpc) is 4.01. The molecule has 0 radical (unpaired) electrons. The largest absolute Gasteiger partial charge is 0.102 e. The Morgan fingerprint density at radius 2 is 1.21 bits per heavy atom. The van der Waals surface area contributed by atoms with Crippen LogP contribution in [0.4, 0.5) is 0 Å². The second-order valence-electron chi connectivity index (χ2n) is 19.5. The summed E-state index contributed by atoms with van der Waals surface area (Å²) in [5, 5.41) is 4.31. The van der Waals surface area contributed by atoms with Gasteiger partial charge in [0.15, 0.2) is 11.5 Å². The molecule has 0 bridgehead atoms. The van der Waals surface area contributed by atoms with Crippen LogP contribution >= 0.6 is 27.3 Å². The number of methoxy groups -OCH3 is 2. The minimum Gasteiger partial charge on any atom is -0.0620 e. The van der Waals surface area contributed by atoms with Crippen LogP contribution < -0.4 is 25.4 Å². The summed E-state index contributed by atoms with van der Waals surface area (Å²) in [6.07, 6.45) is 11.5. The molecule has 354 valence electrons. The summed E-state index contributed by atoms with van der Waals surface area (Å²) in [4.78, 5) is 2.68. The molecule has 2 atom stereocenters. The monoisotopic (exact) mass is 1050 g/mol. The molecule has 3 nitrogen and oxygen atoms in total. The molecule has 4 aliphatic rings. The van der Waals surface area contributed by atoms with Crippen molar-refractivity contribution in [3.05, 3.63) is 222 Å². The SMILES string of the molecule is COc1cc2c(cc1OC)C1([CH-]N(C3=C(C(C)C)C=CCC3C(C)C)C(C)(C)C1)CC2.[Cl][Ru]([Cl])=[C]1C=C(c2ccccc2)c2ccccc21.c1ccc([PH+](c2ccccc2)c2ccccc2)cc1. The van der Waals surface area contributed by atoms with Gasteiger partial charge in [0.2, 0.25) is 0 Å². The molecule has 6 aromatic carbocycles. The summed E-state index contributed by atoms with van der Waals surface area (Å²) < 4.78 is 12.4. The third kappa shape index (κ3) is 10.6. The summed E-state index contributed by atoms with van der Waals surface area (Å²) in [6.45, 7) is 16.9. The van der Waals surface area contributed by atoms with Gasteiger partial charge in [0.1, 0.15) is 15.9 Å². The molecule has 2 unspecified atom stereocenters. The Labute approximate surface area is 421 Å². The van der Waals surface area contributed by atoms with Gasteiger partial charge in [-0.2, -0.15) is 0 Å². The third-order valence-corrected chi connectivity index (χ3v) is 19.8. The predicted molar refractivity (Wildman–Crippen MR) is 291 cm³/mol. The molecule has 0 aromatic heterocycles. The van der Waals surface area contributed by atoms with E-state index >= 15 is 0 Å². The van der Waals surface area contributed by atoms with Gasteiger partial charge in [-0.3, -0.25) is 0 Å². The third-order valence-electron chi connectivity index (χ3n) is 13.9. The predicted octanol–water partition coefficient (Wildman–Crippen LogP) is 14.4. The number of benzene rings is 6. The van der Waals surface area contributed by atoms with E-state index in [0.29, 0.717) is 17.8 Å². The first-order valence-electron chi connectivity index (χ1n) is 23.9. The van der Waals surface area contributed by atoms with Gasteiger partial charge >= 0.3 is 120 Å². The number of allylic oxidation sites excluding steroid dienone is 5. The molecule has 3 aliphatic carbocycles. The fourth-order valence-electron chi connectivity index (χ4n) is 10.7. The normalized spacial score (nSPS) is 19.0. The number of ether oxygens (including phenoxy) is 2. The van der Waals surface area contributed by atoms with Gasteiger partial charge in [-0.1, -0.05) is 106 Å². The van der Waals surface area contributed by atoms with Crippen molar-refractivity contribution in [1.29, 1.82) is 0 Å². The molecular formula is C61H66Cl2NO2PRu. The number of hydrogen-bond acceptors (Lipinski definition) is 3. The number of rotatable bonds is 9. The van der Waals surface area contributed by atoms with Crippen molar-refractivity contribution in [3.63, 3.8) is 0 Å². The topological polar surface area (TPSA) is 21.7 Å². The zero-order valence-electron chi connectivity index (χ0n) is 40.8. The molecule has 1 aliphatic heterocycles. The number of likely N-dealkylation sites (tertiary alicyclic amines) is 1. The maximum absolute atomic E-state index is 6.19. The van der Waals surface area contributed by atoms with Crippen molar-refractivity contribution in [3.8, 4) is 11.5 Å². The Balaban J connectivity index is 0.000000146. The fraction of sp³-hybridized carbons (Fsp3) is 0.279. The van der Waals surface area contributed by atoms with Gasteiger partial charge in [0.05, 0.1) is 22.1 Å². The number of hydrogen-bond donors (Lipinski definition) is 0. The van der Waals surface area contributed by atoms with Crippen LogP contribution in [0, 0.1) is 24.3 Å². The van der Waals surface area contributed by atoms with Crippen LogP contribution in [0.3, 0.4) is 0 Å². The van der Waals surface area contributed by atoms with E-state index in [1.165, 1.54) is 54.9 Å². The van der Waals surface area contributed by atoms with E-state index in [1.54, 1.807) is 19.9 Å². The van der Waals surface area contributed by atoms with Crippen molar-refractivity contribution in [2.45, 2.75) is 78.2 Å². The molecule has 10 rings (SSSR count). The minimum absolute atomic E-state index is 0.0656. The first-order valence-corrected chi connectivity index (χ1v) is 30.8. The Kier molecular flexibility index (Phi) is 16.2. The van der Waals surface area contributed by atoms with E-state index in [4.69, 9.17) is 28.9 Å². The zero-order valence-corrected chi connectivity index (χ0v) is 45.0. The molecule has 6 aromatic rings. The molecule has 1 fully saturated rings. The maximum Gasteiger partial charge on any atom is 0.102 e. The maximum atomic E-state index is 6.19. The van der Waals surface area contributed by atoms with Crippen LogP contribution in [0.2, 0.25) is 0 Å².